The fourth-order valence-electron chi connectivity index (χ4n) is 3.97. The molecule has 2 fully saturated rings. The lowest BCUT2D eigenvalue weighted by Crippen LogP contribution is -2.56. The van der Waals surface area contributed by atoms with Gasteiger partial charge in [-0.05, 0) is 49.2 Å². The quantitative estimate of drug-likeness (QED) is 0.536. The van der Waals surface area contributed by atoms with Gasteiger partial charge in [-0.2, -0.15) is 0 Å². The van der Waals surface area contributed by atoms with Gasteiger partial charge in [0.05, 0.1) is 24.1 Å². The first-order valence-electron chi connectivity index (χ1n) is 11.7. The maximum Gasteiger partial charge on any atom is 0.289 e. The Kier molecular flexibility index (Phi) is 7.80. The zero-order valence-corrected chi connectivity index (χ0v) is 20.2. The predicted molar refractivity (Wildman–Crippen MR) is 131 cm³/mol. The van der Waals surface area contributed by atoms with Crippen molar-refractivity contribution in [2.75, 3.05) is 26.2 Å². The van der Waals surface area contributed by atoms with Crippen LogP contribution in [0.15, 0.2) is 42.6 Å². The van der Waals surface area contributed by atoms with Crippen molar-refractivity contribution >= 4 is 33.8 Å². The number of aromatic nitrogens is 3. The van der Waals surface area contributed by atoms with Gasteiger partial charge in [0, 0.05) is 30.1 Å². The minimum Gasteiger partial charge on any atom is -0.470 e. The molecule has 2 aromatic heterocycles. The van der Waals surface area contributed by atoms with Crippen molar-refractivity contribution in [3.63, 3.8) is 0 Å². The molecule has 1 atom stereocenters. The van der Waals surface area contributed by atoms with E-state index in [0.29, 0.717) is 30.7 Å². The van der Waals surface area contributed by atoms with Gasteiger partial charge < -0.3 is 19.9 Å². The van der Waals surface area contributed by atoms with E-state index in [1.165, 1.54) is 6.42 Å². The van der Waals surface area contributed by atoms with E-state index in [2.05, 4.69) is 26.3 Å². The number of hydrogen-bond acceptors (Lipinski definition) is 6. The highest BCUT2D eigenvalue weighted by Gasteiger charge is 2.35. The second-order valence-electron chi connectivity index (χ2n) is 8.95. The van der Waals surface area contributed by atoms with Crippen LogP contribution in [-0.2, 0) is 4.79 Å². The van der Waals surface area contributed by atoms with Crippen LogP contribution >= 0.6 is 11.6 Å². The molecule has 0 radical (unpaired) electrons. The molecule has 1 amide bonds. The zero-order chi connectivity index (χ0) is 24.1. The molecule has 0 saturated carbocycles. The maximum absolute atomic E-state index is 12.7. The normalized spacial score (nSPS) is 18.2. The summed E-state index contributed by atoms with van der Waals surface area (Å²) in [5.74, 6) is 1.41. The van der Waals surface area contributed by atoms with Crippen molar-refractivity contribution in [3.8, 4) is 5.88 Å². The van der Waals surface area contributed by atoms with Crippen LogP contribution in [0.2, 0.25) is 0 Å². The van der Waals surface area contributed by atoms with Gasteiger partial charge in [-0.3, -0.25) is 9.59 Å². The topological polar surface area (TPSA) is 100 Å². The summed E-state index contributed by atoms with van der Waals surface area (Å²) in [7, 11) is 0. The lowest BCUT2D eigenvalue weighted by molar-refractivity contribution is -0.114. The zero-order valence-electron chi connectivity index (χ0n) is 19.5. The average molecular weight is 484 g/mol. The second kappa shape index (κ2) is 11.0. The second-order valence-corrected chi connectivity index (χ2v) is 9.32. The Labute approximate surface area is 204 Å². The van der Waals surface area contributed by atoms with E-state index in [-0.39, 0.29) is 23.2 Å². The van der Waals surface area contributed by atoms with Crippen LogP contribution in [0.25, 0.3) is 11.0 Å². The number of para-hydroxylation sites is 2. The fraction of sp³-hybridized carbons (Fsp3) is 0.440. The number of ether oxygens (including phenoxy) is 1. The monoisotopic (exact) mass is 483 g/mol. The molecule has 8 nitrogen and oxygen atoms in total. The molecule has 0 aliphatic carbocycles. The molecule has 3 aromatic rings. The molecule has 180 valence electrons. The maximum atomic E-state index is 12.7. The summed E-state index contributed by atoms with van der Waals surface area (Å²) < 4.78 is 6.15. The molecule has 5 rings (SSSR count). The summed E-state index contributed by atoms with van der Waals surface area (Å²) in [6, 6.07) is 11.7. The average Bonchev–Trinajstić information content (AvgIpc) is 3.26. The number of aromatic amines is 1. The lowest BCUT2D eigenvalue weighted by Gasteiger charge is -2.38. The van der Waals surface area contributed by atoms with Crippen LogP contribution in [0.5, 0.6) is 5.88 Å². The number of carbonyl (C=O) groups excluding carboxylic acids is 2. The largest absolute Gasteiger partial charge is 0.470 e. The predicted octanol–water partition coefficient (Wildman–Crippen LogP) is 3.74. The number of imidazole rings is 1. The number of halogens is 1. The first-order chi connectivity index (χ1) is 16.4. The van der Waals surface area contributed by atoms with Crippen LogP contribution in [0.4, 0.5) is 0 Å². The van der Waals surface area contributed by atoms with Crippen LogP contribution < -0.4 is 10.1 Å². The molecule has 4 heterocycles. The summed E-state index contributed by atoms with van der Waals surface area (Å²) in [6.45, 7) is 6.66. The number of hydrogen-bond donors (Lipinski definition) is 2. The Balaban J connectivity index is 0.000000408. The molecule has 1 unspecified atom stereocenters. The van der Waals surface area contributed by atoms with Gasteiger partial charge in [0.2, 0.25) is 11.1 Å². The number of likely N-dealkylation sites (tertiary alicyclic amines) is 1. The number of benzene rings is 1. The molecule has 2 N–H and O–H groups in total. The molecule has 1 aromatic carbocycles. The van der Waals surface area contributed by atoms with E-state index in [0.717, 1.165) is 36.1 Å². The highest BCUT2D eigenvalue weighted by molar-refractivity contribution is 6.63. The van der Waals surface area contributed by atoms with E-state index in [1.54, 1.807) is 24.9 Å². The van der Waals surface area contributed by atoms with Gasteiger partial charge in [0.1, 0.15) is 6.10 Å². The Hall–Kier alpha value is -2.97. The summed E-state index contributed by atoms with van der Waals surface area (Å²) in [4.78, 5) is 36.3. The van der Waals surface area contributed by atoms with Crippen molar-refractivity contribution < 1.29 is 14.3 Å². The smallest absolute Gasteiger partial charge is 0.289 e. The Morgan fingerprint density at radius 2 is 1.94 bits per heavy atom. The van der Waals surface area contributed by atoms with Gasteiger partial charge in [-0.15, -0.1) is 0 Å². The number of carbonyl (C=O) groups is 2. The Morgan fingerprint density at radius 3 is 2.62 bits per heavy atom. The lowest BCUT2D eigenvalue weighted by atomic mass is 9.92. The first kappa shape index (κ1) is 24.2. The molecule has 9 heteroatoms. The van der Waals surface area contributed by atoms with Gasteiger partial charge >= 0.3 is 0 Å². The Bertz CT molecular complexity index is 1100. The van der Waals surface area contributed by atoms with Crippen molar-refractivity contribution in [3.05, 3.63) is 54.0 Å². The highest BCUT2D eigenvalue weighted by Crippen LogP contribution is 2.31. The number of piperidine rings is 1. The number of amides is 1. The van der Waals surface area contributed by atoms with Gasteiger partial charge in [0.15, 0.2) is 5.82 Å². The van der Waals surface area contributed by atoms with Crippen molar-refractivity contribution in [1.29, 1.82) is 0 Å². The third-order valence-electron chi connectivity index (χ3n) is 6.00. The fourth-order valence-corrected chi connectivity index (χ4v) is 3.97. The van der Waals surface area contributed by atoms with Gasteiger partial charge in [-0.1, -0.05) is 32.0 Å². The van der Waals surface area contributed by atoms with Crippen molar-refractivity contribution in [2.24, 2.45) is 5.92 Å². The van der Waals surface area contributed by atoms with Crippen molar-refractivity contribution in [2.45, 2.75) is 38.7 Å². The van der Waals surface area contributed by atoms with E-state index >= 15 is 0 Å². The van der Waals surface area contributed by atoms with E-state index in [1.807, 2.05) is 30.3 Å². The molecule has 2 saturated heterocycles. The molecule has 0 bridgehead atoms. The number of nitrogens with one attached hydrogen (secondary N) is 2. The minimum absolute atomic E-state index is 0.0216. The third-order valence-corrected chi connectivity index (χ3v) is 6.43. The van der Waals surface area contributed by atoms with E-state index in [9.17, 15) is 9.59 Å². The number of H-pyrrole nitrogens is 1. The molecule has 34 heavy (non-hydrogen) atoms. The number of nitrogens with zero attached hydrogens (tertiary/aromatic N) is 3. The summed E-state index contributed by atoms with van der Waals surface area (Å²) in [5.41, 5.74) is 2.84. The highest BCUT2D eigenvalue weighted by atomic mass is 35.5. The minimum atomic E-state index is -0.269. The number of rotatable bonds is 5. The number of fused-ring (bicyclic) bond motifs is 1. The third kappa shape index (κ3) is 5.74. The van der Waals surface area contributed by atoms with Gasteiger partial charge in [0.25, 0.3) is 5.91 Å². The number of pyridine rings is 1. The summed E-state index contributed by atoms with van der Waals surface area (Å²) in [5, 5.41) is 3.18. The molecular formula is C25H30ClN5O3. The van der Waals surface area contributed by atoms with Crippen LogP contribution in [0.3, 0.4) is 0 Å². The molecular weight excluding hydrogens is 454 g/mol. The molecule has 2 aliphatic heterocycles. The summed E-state index contributed by atoms with van der Waals surface area (Å²) in [6.07, 6.45) is 4.06. The Morgan fingerprint density at radius 1 is 1.18 bits per heavy atom. The molecule has 0 spiro atoms. The standard InChI is InChI=1S/C21H23N5O2.C4H7ClO/c27-21(19-24-17-7-1-2-8-18(17)25-19)26-12-15(13-26)28-20-16(6-4-10-23-20)14-5-3-9-22-11-14;1-3(2)4(5)6/h1-2,4,6-8,10,14-15,22H,3,5,9,11-13H2,(H,24,25);3H,1-2H3. The van der Waals surface area contributed by atoms with Crippen molar-refractivity contribution in [1.82, 2.24) is 25.2 Å². The SMILES string of the molecule is CC(C)C(=O)Cl.O=C(c1nc2ccccc2[nH]1)N1CC(Oc2ncccc2C2CCCNC2)C1. The summed E-state index contributed by atoms with van der Waals surface area (Å²) >= 11 is 4.97. The van der Waals surface area contributed by atoms with E-state index < -0.39 is 0 Å². The van der Waals surface area contributed by atoms with Gasteiger partial charge in [-0.25, -0.2) is 9.97 Å². The van der Waals surface area contributed by atoms with Crippen LogP contribution in [0.1, 0.15) is 48.8 Å². The van der Waals surface area contributed by atoms with Crippen LogP contribution in [0, 0.1) is 5.92 Å². The van der Waals surface area contributed by atoms with Crippen LogP contribution in [-0.4, -0.2) is 63.3 Å². The first-order valence-corrected chi connectivity index (χ1v) is 12.1. The molecule has 2 aliphatic rings. The van der Waals surface area contributed by atoms with E-state index in [4.69, 9.17) is 16.3 Å².